The fraction of sp³-hybridized carbons (Fsp3) is 0.444. The fourth-order valence-electron chi connectivity index (χ4n) is 2.22. The van der Waals surface area contributed by atoms with Crippen LogP contribution in [0.5, 0.6) is 0 Å². The van der Waals surface area contributed by atoms with Gasteiger partial charge < -0.3 is 10.1 Å². The molecular formula is C18H23N3O3S4. The molecule has 0 saturated heterocycles. The number of thioether (sulfide) groups is 3. The highest BCUT2D eigenvalue weighted by Gasteiger charge is 2.27. The predicted molar refractivity (Wildman–Crippen MR) is 118 cm³/mol. The molecule has 0 unspecified atom stereocenters. The Labute approximate surface area is 182 Å². The van der Waals surface area contributed by atoms with Gasteiger partial charge in [0.1, 0.15) is 6.04 Å². The van der Waals surface area contributed by atoms with Crippen molar-refractivity contribution in [3.8, 4) is 0 Å². The highest BCUT2D eigenvalue weighted by molar-refractivity contribution is 8.02. The van der Waals surface area contributed by atoms with Crippen LogP contribution >= 0.6 is 46.8 Å². The third-order valence-electron chi connectivity index (χ3n) is 3.68. The third-order valence-corrected chi connectivity index (χ3v) is 7.59. The Kier molecular flexibility index (Phi) is 10.2. The van der Waals surface area contributed by atoms with Crippen molar-refractivity contribution in [2.45, 2.75) is 39.9 Å². The van der Waals surface area contributed by atoms with E-state index in [0.29, 0.717) is 17.3 Å². The number of hydrogen-bond acceptors (Lipinski definition) is 9. The van der Waals surface area contributed by atoms with Gasteiger partial charge >= 0.3 is 5.97 Å². The van der Waals surface area contributed by atoms with Gasteiger partial charge in [-0.05, 0) is 29.8 Å². The zero-order valence-corrected chi connectivity index (χ0v) is 19.2. The number of carbonyl (C=O) groups excluding carboxylic acids is 2. The highest BCUT2D eigenvalue weighted by Crippen LogP contribution is 2.29. The van der Waals surface area contributed by atoms with Crippen molar-refractivity contribution in [1.29, 1.82) is 0 Å². The van der Waals surface area contributed by atoms with Crippen molar-refractivity contribution in [3.63, 3.8) is 0 Å². The summed E-state index contributed by atoms with van der Waals surface area (Å²) >= 11 is 5.71. The second kappa shape index (κ2) is 12.4. The summed E-state index contributed by atoms with van der Waals surface area (Å²) in [7, 11) is 1.33. The molecule has 0 fully saturated rings. The minimum absolute atomic E-state index is 0.191. The molecule has 0 aliphatic rings. The van der Waals surface area contributed by atoms with Gasteiger partial charge in [0.05, 0.1) is 12.4 Å². The van der Waals surface area contributed by atoms with E-state index in [1.54, 1.807) is 11.8 Å². The van der Waals surface area contributed by atoms with E-state index < -0.39 is 12.0 Å². The van der Waals surface area contributed by atoms with Crippen LogP contribution in [0.4, 0.5) is 0 Å². The molecule has 1 aromatic carbocycles. The standard InChI is InChI=1S/C18H23N3O3S4/c1-4-14(27-18-20-17(25-3)21-28-18)15(22)19-13(16(23)24-2)11-26-10-12-8-6-5-7-9-12/h5-9,13-14H,4,10-11H2,1-3H3,(H,19,22)/t13-,14+/m1/s1. The van der Waals surface area contributed by atoms with E-state index in [1.807, 2.05) is 43.5 Å². The predicted octanol–water partition coefficient (Wildman–Crippen LogP) is 3.72. The van der Waals surface area contributed by atoms with Crippen LogP contribution < -0.4 is 5.32 Å². The van der Waals surface area contributed by atoms with Crippen LogP contribution in [0.2, 0.25) is 0 Å². The van der Waals surface area contributed by atoms with Gasteiger partial charge in [-0.25, -0.2) is 9.78 Å². The maximum Gasteiger partial charge on any atom is 0.329 e. The van der Waals surface area contributed by atoms with Crippen molar-refractivity contribution < 1.29 is 14.3 Å². The number of aromatic nitrogens is 2. The fourth-order valence-corrected chi connectivity index (χ4v) is 5.61. The summed E-state index contributed by atoms with van der Waals surface area (Å²) in [6.07, 6.45) is 2.53. The van der Waals surface area contributed by atoms with Crippen LogP contribution in [0.3, 0.4) is 0 Å². The minimum atomic E-state index is -0.683. The lowest BCUT2D eigenvalue weighted by Gasteiger charge is -2.19. The van der Waals surface area contributed by atoms with E-state index >= 15 is 0 Å². The number of rotatable bonds is 11. The van der Waals surface area contributed by atoms with Crippen molar-refractivity contribution >= 4 is 58.7 Å². The van der Waals surface area contributed by atoms with E-state index in [1.165, 1.54) is 47.7 Å². The number of ether oxygens (including phenoxy) is 1. The number of nitrogens with zero attached hydrogens (tertiary/aromatic N) is 2. The van der Waals surface area contributed by atoms with Crippen LogP contribution in [0.25, 0.3) is 0 Å². The summed E-state index contributed by atoms with van der Waals surface area (Å²) in [5, 5.41) is 3.20. The maximum atomic E-state index is 12.7. The van der Waals surface area contributed by atoms with Crippen molar-refractivity contribution in [2.75, 3.05) is 19.1 Å². The summed E-state index contributed by atoms with van der Waals surface area (Å²) in [5.41, 5.74) is 1.17. The number of amides is 1. The smallest absolute Gasteiger partial charge is 0.329 e. The van der Waals surface area contributed by atoms with Crippen LogP contribution in [0.1, 0.15) is 18.9 Å². The highest BCUT2D eigenvalue weighted by atomic mass is 32.2. The first kappa shape index (κ1) is 23.1. The molecule has 152 valence electrons. The Morgan fingerprint density at radius 2 is 2.04 bits per heavy atom. The van der Waals surface area contributed by atoms with E-state index in [4.69, 9.17) is 4.74 Å². The van der Waals surface area contributed by atoms with Gasteiger partial charge in [-0.3, -0.25) is 4.79 Å². The van der Waals surface area contributed by atoms with E-state index in [2.05, 4.69) is 14.7 Å². The quantitative estimate of drug-likeness (QED) is 0.404. The number of carbonyl (C=O) groups is 2. The summed E-state index contributed by atoms with van der Waals surface area (Å²) in [5.74, 6) is 0.584. The largest absolute Gasteiger partial charge is 0.467 e. The molecular weight excluding hydrogens is 434 g/mol. The van der Waals surface area contributed by atoms with E-state index in [-0.39, 0.29) is 11.2 Å². The van der Waals surface area contributed by atoms with Gasteiger partial charge in [0.2, 0.25) is 11.1 Å². The Morgan fingerprint density at radius 1 is 1.29 bits per heavy atom. The average Bonchev–Trinajstić information content (AvgIpc) is 3.19. The lowest BCUT2D eigenvalue weighted by atomic mass is 10.2. The van der Waals surface area contributed by atoms with Crippen LogP contribution in [-0.4, -0.2) is 51.6 Å². The number of methoxy groups -OCH3 is 1. The summed E-state index contributed by atoms with van der Waals surface area (Å²) < 4.78 is 9.83. The van der Waals surface area contributed by atoms with Crippen molar-refractivity contribution in [1.82, 2.24) is 14.7 Å². The Balaban J connectivity index is 1.92. The maximum absolute atomic E-state index is 12.7. The van der Waals surface area contributed by atoms with Crippen LogP contribution in [0, 0.1) is 0 Å². The first-order chi connectivity index (χ1) is 13.6. The molecule has 2 aromatic rings. The second-order valence-electron chi connectivity index (χ2n) is 5.65. The Hall–Kier alpha value is -1.23. The van der Waals surface area contributed by atoms with Gasteiger partial charge in [-0.2, -0.15) is 16.1 Å². The first-order valence-corrected chi connectivity index (χ1v) is 12.6. The lowest BCUT2D eigenvalue weighted by Crippen LogP contribution is -2.46. The normalized spacial score (nSPS) is 13.0. The Morgan fingerprint density at radius 3 is 2.64 bits per heavy atom. The van der Waals surface area contributed by atoms with Crippen molar-refractivity contribution in [2.24, 2.45) is 0 Å². The summed E-state index contributed by atoms with van der Waals surface area (Å²) in [6.45, 7) is 1.94. The molecule has 2 atom stereocenters. The third kappa shape index (κ3) is 7.31. The zero-order valence-electron chi connectivity index (χ0n) is 15.9. The molecule has 1 N–H and O–H groups in total. The molecule has 1 aromatic heterocycles. The van der Waals surface area contributed by atoms with E-state index in [9.17, 15) is 9.59 Å². The number of nitrogens with one attached hydrogen (secondary N) is 1. The molecule has 0 saturated carbocycles. The molecule has 0 spiro atoms. The van der Waals surface area contributed by atoms with Gasteiger partial charge in [-0.1, -0.05) is 60.8 Å². The zero-order chi connectivity index (χ0) is 20.4. The Bertz CT molecular complexity index is 758. The number of benzene rings is 1. The topological polar surface area (TPSA) is 81.2 Å². The first-order valence-electron chi connectivity index (χ1n) is 8.61. The SMILES string of the molecule is CC[C@H](Sc1nc(SC)ns1)C(=O)N[C@H](CSCc1ccccc1)C(=O)OC. The minimum Gasteiger partial charge on any atom is -0.467 e. The molecule has 6 nitrogen and oxygen atoms in total. The number of hydrogen-bond donors (Lipinski definition) is 1. The molecule has 10 heteroatoms. The summed E-state index contributed by atoms with van der Waals surface area (Å²) in [6, 6.07) is 9.31. The lowest BCUT2D eigenvalue weighted by molar-refractivity contribution is -0.144. The van der Waals surface area contributed by atoms with E-state index in [0.717, 1.165) is 10.1 Å². The second-order valence-corrected chi connectivity index (χ2v) is 9.65. The number of esters is 1. The average molecular weight is 458 g/mol. The van der Waals surface area contributed by atoms with Crippen LogP contribution in [-0.2, 0) is 20.1 Å². The molecule has 2 rings (SSSR count). The molecule has 1 amide bonds. The van der Waals surface area contributed by atoms with Gasteiger partial charge in [0, 0.05) is 11.5 Å². The van der Waals surface area contributed by atoms with Crippen molar-refractivity contribution in [3.05, 3.63) is 35.9 Å². The van der Waals surface area contributed by atoms with Gasteiger partial charge in [0.15, 0.2) is 4.34 Å². The summed E-state index contributed by atoms with van der Waals surface area (Å²) in [4.78, 5) is 29.2. The molecule has 0 aliphatic heterocycles. The molecule has 1 heterocycles. The van der Waals surface area contributed by atoms with Crippen LogP contribution in [0.15, 0.2) is 39.8 Å². The molecule has 28 heavy (non-hydrogen) atoms. The van der Waals surface area contributed by atoms with Gasteiger partial charge in [0.25, 0.3) is 0 Å². The molecule has 0 bridgehead atoms. The monoisotopic (exact) mass is 457 g/mol. The molecule has 0 radical (unpaired) electrons. The van der Waals surface area contributed by atoms with Gasteiger partial charge in [-0.15, -0.1) is 0 Å². The molecule has 0 aliphatic carbocycles.